The first kappa shape index (κ1) is 26.8. The lowest BCUT2D eigenvalue weighted by atomic mass is 9.95. The van der Waals surface area contributed by atoms with Crippen LogP contribution in [-0.2, 0) is 4.79 Å². The highest BCUT2D eigenvalue weighted by atomic mass is 16.5. The van der Waals surface area contributed by atoms with Crippen LogP contribution in [0.25, 0.3) is 0 Å². The van der Waals surface area contributed by atoms with E-state index in [1.807, 2.05) is 36.4 Å². The Morgan fingerprint density at radius 3 is 2.32 bits per heavy atom. The molecule has 2 fully saturated rings. The molecule has 1 aliphatic carbocycles. The van der Waals surface area contributed by atoms with Crippen molar-refractivity contribution in [2.24, 2.45) is 0 Å². The lowest BCUT2D eigenvalue weighted by molar-refractivity contribution is -0.116. The molecule has 0 spiro atoms. The molecule has 0 aromatic heterocycles. The van der Waals surface area contributed by atoms with Gasteiger partial charge in [-0.3, -0.25) is 9.59 Å². The molecule has 1 saturated carbocycles. The van der Waals surface area contributed by atoms with Crippen molar-refractivity contribution in [1.29, 1.82) is 0 Å². The molecule has 2 amide bonds. The SMILES string of the molecule is CCCCCC(=O)Nc1ccc(N2CCN(c3ccccc3OC)CC2)c(C(=O)NC2CCCCC2)c1. The van der Waals surface area contributed by atoms with Crippen LogP contribution in [0, 0.1) is 0 Å². The second kappa shape index (κ2) is 13.4. The topological polar surface area (TPSA) is 73.9 Å². The minimum atomic E-state index is -0.0452. The molecule has 37 heavy (non-hydrogen) atoms. The summed E-state index contributed by atoms with van der Waals surface area (Å²) in [5.41, 5.74) is 3.35. The summed E-state index contributed by atoms with van der Waals surface area (Å²) in [7, 11) is 1.70. The molecule has 7 nitrogen and oxygen atoms in total. The van der Waals surface area contributed by atoms with Crippen LogP contribution in [-0.4, -0.2) is 51.1 Å². The van der Waals surface area contributed by atoms with Crippen LogP contribution in [0.4, 0.5) is 17.1 Å². The van der Waals surface area contributed by atoms with Crippen molar-refractivity contribution >= 4 is 28.9 Å². The largest absolute Gasteiger partial charge is 0.495 e. The number of nitrogens with zero attached hydrogens (tertiary/aromatic N) is 2. The Kier molecular flexibility index (Phi) is 9.69. The van der Waals surface area contributed by atoms with Crippen LogP contribution in [0.1, 0.15) is 75.1 Å². The summed E-state index contributed by atoms with van der Waals surface area (Å²) in [6, 6.07) is 14.1. The predicted molar refractivity (Wildman–Crippen MR) is 151 cm³/mol. The summed E-state index contributed by atoms with van der Waals surface area (Å²) >= 11 is 0. The van der Waals surface area contributed by atoms with Gasteiger partial charge in [0, 0.05) is 50.0 Å². The zero-order valence-corrected chi connectivity index (χ0v) is 22.4. The van der Waals surface area contributed by atoms with Gasteiger partial charge in [-0.15, -0.1) is 0 Å². The van der Waals surface area contributed by atoms with Gasteiger partial charge < -0.3 is 25.2 Å². The molecule has 200 valence electrons. The van der Waals surface area contributed by atoms with E-state index >= 15 is 0 Å². The monoisotopic (exact) mass is 506 g/mol. The quantitative estimate of drug-likeness (QED) is 0.410. The summed E-state index contributed by atoms with van der Waals surface area (Å²) in [5.74, 6) is 0.837. The Morgan fingerprint density at radius 2 is 1.62 bits per heavy atom. The summed E-state index contributed by atoms with van der Waals surface area (Å²) < 4.78 is 5.57. The molecular weight excluding hydrogens is 464 g/mol. The van der Waals surface area contributed by atoms with Gasteiger partial charge in [0.25, 0.3) is 5.91 Å². The van der Waals surface area contributed by atoms with Gasteiger partial charge in [0.15, 0.2) is 0 Å². The molecule has 0 radical (unpaired) electrons. The normalized spacial score (nSPS) is 16.4. The van der Waals surface area contributed by atoms with Crippen molar-refractivity contribution in [2.75, 3.05) is 48.4 Å². The first-order valence-corrected chi connectivity index (χ1v) is 14.0. The van der Waals surface area contributed by atoms with Gasteiger partial charge in [-0.25, -0.2) is 0 Å². The van der Waals surface area contributed by atoms with E-state index in [0.717, 1.165) is 88.2 Å². The van der Waals surface area contributed by atoms with Crippen LogP contribution < -0.4 is 25.2 Å². The number of rotatable bonds is 10. The van der Waals surface area contributed by atoms with Crippen LogP contribution in [0.3, 0.4) is 0 Å². The van der Waals surface area contributed by atoms with E-state index < -0.39 is 0 Å². The molecule has 2 aromatic carbocycles. The van der Waals surface area contributed by atoms with Gasteiger partial charge in [-0.1, -0.05) is 51.2 Å². The van der Waals surface area contributed by atoms with E-state index in [1.165, 1.54) is 6.42 Å². The standard InChI is InChI=1S/C30H42N4O3/c1-3-4-6-15-29(35)31-24-16-17-26(25(22-24)30(36)32-23-11-7-5-8-12-23)33-18-20-34(21-19-33)27-13-9-10-14-28(27)37-2/h9-10,13-14,16-17,22-23H,3-8,11-12,15,18-21H2,1-2H3,(H,31,35)(H,32,36). The Bertz CT molecular complexity index is 1040. The molecule has 0 atom stereocenters. The number of nitrogens with one attached hydrogen (secondary N) is 2. The number of methoxy groups -OCH3 is 1. The Morgan fingerprint density at radius 1 is 0.919 bits per heavy atom. The van der Waals surface area contributed by atoms with Crippen molar-refractivity contribution in [1.82, 2.24) is 5.32 Å². The zero-order chi connectivity index (χ0) is 26.0. The molecular formula is C30H42N4O3. The fourth-order valence-electron chi connectivity index (χ4n) is 5.42. The molecule has 2 aliphatic rings. The number of amides is 2. The summed E-state index contributed by atoms with van der Waals surface area (Å²) in [6.45, 7) is 5.39. The molecule has 0 bridgehead atoms. The lowest BCUT2D eigenvalue weighted by Gasteiger charge is -2.38. The van der Waals surface area contributed by atoms with Crippen molar-refractivity contribution in [3.05, 3.63) is 48.0 Å². The van der Waals surface area contributed by atoms with E-state index in [-0.39, 0.29) is 17.9 Å². The highest BCUT2D eigenvalue weighted by Gasteiger charge is 2.25. The average molecular weight is 507 g/mol. The van der Waals surface area contributed by atoms with Gasteiger partial charge in [-0.2, -0.15) is 0 Å². The number of hydrogen-bond donors (Lipinski definition) is 2. The molecule has 0 unspecified atom stereocenters. The maximum Gasteiger partial charge on any atom is 0.253 e. The molecule has 1 aliphatic heterocycles. The summed E-state index contributed by atoms with van der Waals surface area (Å²) in [6.07, 6.45) is 9.15. The first-order valence-electron chi connectivity index (χ1n) is 14.0. The second-order valence-corrected chi connectivity index (χ2v) is 10.2. The summed E-state index contributed by atoms with van der Waals surface area (Å²) in [4.78, 5) is 30.6. The number of piperazine rings is 1. The second-order valence-electron chi connectivity index (χ2n) is 10.2. The van der Waals surface area contributed by atoms with Gasteiger partial charge in [-0.05, 0) is 49.6 Å². The Balaban J connectivity index is 1.50. The Hall–Kier alpha value is -3.22. The molecule has 1 saturated heterocycles. The first-order chi connectivity index (χ1) is 18.1. The number of ether oxygens (including phenoxy) is 1. The number of carbonyl (C=O) groups is 2. The van der Waals surface area contributed by atoms with E-state index in [1.54, 1.807) is 7.11 Å². The van der Waals surface area contributed by atoms with Gasteiger partial charge >= 0.3 is 0 Å². The van der Waals surface area contributed by atoms with Crippen molar-refractivity contribution in [3.8, 4) is 5.75 Å². The molecule has 7 heteroatoms. The maximum atomic E-state index is 13.5. The van der Waals surface area contributed by atoms with E-state index in [4.69, 9.17) is 4.74 Å². The van der Waals surface area contributed by atoms with Crippen LogP contribution in [0.15, 0.2) is 42.5 Å². The van der Waals surface area contributed by atoms with Crippen molar-refractivity contribution in [3.63, 3.8) is 0 Å². The maximum absolute atomic E-state index is 13.5. The third-order valence-electron chi connectivity index (χ3n) is 7.52. The number of hydrogen-bond acceptors (Lipinski definition) is 5. The van der Waals surface area contributed by atoms with Crippen molar-refractivity contribution in [2.45, 2.75) is 70.8 Å². The Labute approximate surface area is 221 Å². The third-order valence-corrected chi connectivity index (χ3v) is 7.52. The number of unbranched alkanes of at least 4 members (excludes halogenated alkanes) is 2. The minimum absolute atomic E-state index is 0.00487. The zero-order valence-electron chi connectivity index (χ0n) is 22.4. The van der Waals surface area contributed by atoms with Gasteiger partial charge in [0.05, 0.1) is 18.4 Å². The van der Waals surface area contributed by atoms with Crippen molar-refractivity contribution < 1.29 is 14.3 Å². The average Bonchev–Trinajstić information content (AvgIpc) is 2.94. The number of benzene rings is 2. The summed E-state index contributed by atoms with van der Waals surface area (Å²) in [5, 5.41) is 6.29. The molecule has 4 rings (SSSR count). The number of para-hydroxylation sites is 2. The minimum Gasteiger partial charge on any atom is -0.495 e. The van der Waals surface area contributed by atoms with Gasteiger partial charge in [0.2, 0.25) is 5.91 Å². The van der Waals surface area contributed by atoms with Crippen LogP contribution >= 0.6 is 0 Å². The van der Waals surface area contributed by atoms with Crippen LogP contribution in [0.2, 0.25) is 0 Å². The number of anilines is 3. The highest BCUT2D eigenvalue weighted by molar-refractivity contribution is 6.02. The smallest absolute Gasteiger partial charge is 0.253 e. The van der Waals surface area contributed by atoms with Crippen LogP contribution in [0.5, 0.6) is 5.75 Å². The molecule has 1 heterocycles. The fourth-order valence-corrected chi connectivity index (χ4v) is 5.42. The third kappa shape index (κ3) is 7.18. The molecule has 2 aromatic rings. The van der Waals surface area contributed by atoms with E-state index in [9.17, 15) is 9.59 Å². The predicted octanol–water partition coefficient (Wildman–Crippen LogP) is 5.60. The van der Waals surface area contributed by atoms with E-state index in [2.05, 4.69) is 33.4 Å². The lowest BCUT2D eigenvalue weighted by Crippen LogP contribution is -2.47. The molecule has 2 N–H and O–H groups in total. The highest BCUT2D eigenvalue weighted by Crippen LogP contribution is 2.31. The number of carbonyl (C=O) groups excluding carboxylic acids is 2. The fraction of sp³-hybridized carbons (Fsp3) is 0.533. The van der Waals surface area contributed by atoms with Gasteiger partial charge in [0.1, 0.15) is 5.75 Å². The van der Waals surface area contributed by atoms with E-state index in [0.29, 0.717) is 17.7 Å².